The van der Waals surface area contributed by atoms with Gasteiger partial charge in [0.1, 0.15) is 0 Å². The maximum absolute atomic E-state index is 4.15. The highest BCUT2D eigenvalue weighted by Crippen LogP contribution is 2.31. The summed E-state index contributed by atoms with van der Waals surface area (Å²) in [6, 6.07) is 8.44. The van der Waals surface area contributed by atoms with Gasteiger partial charge < -0.3 is 0 Å². The molecular weight excluding hydrogens is 160 g/mol. The lowest BCUT2D eigenvalue weighted by molar-refractivity contribution is 0.924. The third-order valence-electron chi connectivity index (χ3n) is 2.61. The number of nitrogens with zero attached hydrogens (tertiary/aromatic N) is 2. The van der Waals surface area contributed by atoms with Crippen LogP contribution in [0, 0.1) is 0 Å². The van der Waals surface area contributed by atoms with Crippen LogP contribution in [-0.4, -0.2) is 6.21 Å². The van der Waals surface area contributed by atoms with E-state index in [0.29, 0.717) is 0 Å². The molecule has 0 bridgehead atoms. The van der Waals surface area contributed by atoms with Crippen LogP contribution in [-0.2, 0) is 6.42 Å². The van der Waals surface area contributed by atoms with E-state index in [1.54, 1.807) is 0 Å². The van der Waals surface area contributed by atoms with Gasteiger partial charge in [-0.3, -0.25) is 0 Å². The Hall–Kier alpha value is -1.57. The molecule has 0 N–H and O–H groups in total. The van der Waals surface area contributed by atoms with E-state index < -0.39 is 0 Å². The predicted octanol–water partition coefficient (Wildman–Crippen LogP) is 1.95. The zero-order valence-corrected chi connectivity index (χ0v) is 7.20. The summed E-state index contributed by atoms with van der Waals surface area (Å²) in [5, 5.41) is 3.95. The van der Waals surface area contributed by atoms with E-state index in [-0.39, 0.29) is 0 Å². The molecule has 1 heterocycles. The SMILES string of the molecule is C1=N[N]C2=C1CCc1ccccc12. The van der Waals surface area contributed by atoms with Gasteiger partial charge in [0.05, 0.1) is 11.9 Å². The second-order valence-electron chi connectivity index (χ2n) is 3.38. The lowest BCUT2D eigenvalue weighted by atomic mass is 9.90. The fourth-order valence-corrected chi connectivity index (χ4v) is 1.93. The number of fused-ring (bicyclic) bond motifs is 2. The first kappa shape index (κ1) is 6.89. The molecule has 2 aliphatic rings. The van der Waals surface area contributed by atoms with Crippen molar-refractivity contribution in [1.82, 2.24) is 5.43 Å². The van der Waals surface area contributed by atoms with Crippen molar-refractivity contribution >= 4 is 11.9 Å². The number of hydrogen-bond acceptors (Lipinski definition) is 1. The maximum Gasteiger partial charge on any atom is 0.0979 e. The topological polar surface area (TPSA) is 26.5 Å². The van der Waals surface area contributed by atoms with Crippen LogP contribution in [0.15, 0.2) is 34.9 Å². The summed E-state index contributed by atoms with van der Waals surface area (Å²) in [6.07, 6.45) is 4.08. The molecule has 13 heavy (non-hydrogen) atoms. The number of aryl methyl sites for hydroxylation is 1. The highest BCUT2D eigenvalue weighted by atomic mass is 15.3. The highest BCUT2D eigenvalue weighted by Gasteiger charge is 2.21. The lowest BCUT2D eigenvalue weighted by Gasteiger charge is -2.15. The van der Waals surface area contributed by atoms with Crippen molar-refractivity contribution < 1.29 is 0 Å². The average molecular weight is 169 g/mol. The van der Waals surface area contributed by atoms with E-state index in [4.69, 9.17) is 0 Å². The smallest absolute Gasteiger partial charge is 0.0979 e. The van der Waals surface area contributed by atoms with Gasteiger partial charge in [-0.2, -0.15) is 10.5 Å². The van der Waals surface area contributed by atoms with Gasteiger partial charge in [-0.25, -0.2) is 0 Å². The Morgan fingerprint density at radius 1 is 1.08 bits per heavy atom. The molecule has 63 valence electrons. The summed E-state index contributed by atoms with van der Waals surface area (Å²) in [4.78, 5) is 0. The zero-order chi connectivity index (χ0) is 8.67. The van der Waals surface area contributed by atoms with Crippen LogP contribution in [0.25, 0.3) is 5.70 Å². The van der Waals surface area contributed by atoms with Crippen LogP contribution in [0.1, 0.15) is 17.5 Å². The molecule has 0 unspecified atom stereocenters. The summed E-state index contributed by atoms with van der Waals surface area (Å²) in [7, 11) is 0. The molecular formula is C11H9N2. The summed E-state index contributed by atoms with van der Waals surface area (Å²) in [5.74, 6) is 0. The molecule has 0 fully saturated rings. The van der Waals surface area contributed by atoms with Crippen molar-refractivity contribution in [2.45, 2.75) is 12.8 Å². The van der Waals surface area contributed by atoms with E-state index >= 15 is 0 Å². The Bertz CT molecular complexity index is 416. The first-order chi connectivity index (χ1) is 6.45. The Labute approximate surface area is 77.0 Å². The molecule has 1 aliphatic heterocycles. The largest absolute Gasteiger partial charge is 0.158 e. The van der Waals surface area contributed by atoms with Gasteiger partial charge in [0.2, 0.25) is 0 Å². The summed E-state index contributed by atoms with van der Waals surface area (Å²) in [5.41, 5.74) is 9.19. The first-order valence-corrected chi connectivity index (χ1v) is 4.50. The molecule has 0 saturated heterocycles. The second kappa shape index (κ2) is 2.46. The molecule has 1 aromatic rings. The lowest BCUT2D eigenvalue weighted by Crippen LogP contribution is -2.05. The van der Waals surface area contributed by atoms with E-state index in [2.05, 4.69) is 34.8 Å². The molecule has 0 spiro atoms. The van der Waals surface area contributed by atoms with E-state index in [1.165, 1.54) is 16.7 Å². The van der Waals surface area contributed by atoms with Crippen LogP contribution in [0.5, 0.6) is 0 Å². The Morgan fingerprint density at radius 3 is 3.00 bits per heavy atom. The quantitative estimate of drug-likeness (QED) is 0.567. The van der Waals surface area contributed by atoms with Crippen LogP contribution in [0.3, 0.4) is 0 Å². The van der Waals surface area contributed by atoms with Crippen molar-refractivity contribution in [2.24, 2.45) is 5.10 Å². The molecule has 0 saturated carbocycles. The maximum atomic E-state index is 4.15. The predicted molar refractivity (Wildman–Crippen MR) is 52.3 cm³/mol. The van der Waals surface area contributed by atoms with Crippen molar-refractivity contribution in [3.8, 4) is 0 Å². The third-order valence-corrected chi connectivity index (χ3v) is 2.61. The van der Waals surface area contributed by atoms with E-state index in [0.717, 1.165) is 18.5 Å². The van der Waals surface area contributed by atoms with Crippen LogP contribution in [0.2, 0.25) is 0 Å². The number of hydrogen-bond donors (Lipinski definition) is 0. The monoisotopic (exact) mass is 169 g/mol. The van der Waals surface area contributed by atoms with Gasteiger partial charge in [-0.05, 0) is 18.4 Å². The van der Waals surface area contributed by atoms with E-state index in [1.807, 2.05) is 6.21 Å². The molecule has 1 aliphatic carbocycles. The zero-order valence-electron chi connectivity index (χ0n) is 7.20. The molecule has 0 aromatic heterocycles. The van der Waals surface area contributed by atoms with Gasteiger partial charge in [0.25, 0.3) is 0 Å². The molecule has 0 atom stereocenters. The summed E-state index contributed by atoms with van der Waals surface area (Å²) < 4.78 is 0. The third kappa shape index (κ3) is 0.917. The number of allylic oxidation sites excluding steroid dienone is 1. The van der Waals surface area contributed by atoms with Gasteiger partial charge in [-0.15, -0.1) is 0 Å². The summed E-state index contributed by atoms with van der Waals surface area (Å²) in [6.45, 7) is 0. The second-order valence-corrected chi connectivity index (χ2v) is 3.38. The van der Waals surface area contributed by atoms with Gasteiger partial charge >= 0.3 is 0 Å². The Balaban J connectivity index is 2.20. The molecule has 0 amide bonds. The van der Waals surface area contributed by atoms with Crippen molar-refractivity contribution in [3.05, 3.63) is 41.0 Å². The van der Waals surface area contributed by atoms with Gasteiger partial charge in [-0.1, -0.05) is 24.3 Å². The average Bonchev–Trinajstić information content (AvgIpc) is 2.65. The standard InChI is InChI=1S/C11H9N2/c1-2-4-10-8(3-1)5-6-9-7-12-13-11(9)10/h1-4,7H,5-6H2. The normalized spacial score (nSPS) is 18.2. The van der Waals surface area contributed by atoms with Crippen LogP contribution in [0.4, 0.5) is 0 Å². The Morgan fingerprint density at radius 2 is 2.00 bits per heavy atom. The highest BCUT2D eigenvalue weighted by molar-refractivity contribution is 5.95. The van der Waals surface area contributed by atoms with Crippen LogP contribution >= 0.6 is 0 Å². The summed E-state index contributed by atoms with van der Waals surface area (Å²) >= 11 is 0. The minimum Gasteiger partial charge on any atom is -0.158 e. The van der Waals surface area contributed by atoms with Gasteiger partial charge in [0, 0.05) is 11.1 Å². The van der Waals surface area contributed by atoms with Gasteiger partial charge in [0.15, 0.2) is 0 Å². The van der Waals surface area contributed by atoms with Crippen molar-refractivity contribution in [3.63, 3.8) is 0 Å². The molecule has 3 rings (SSSR count). The Kier molecular flexibility index (Phi) is 1.30. The van der Waals surface area contributed by atoms with Crippen LogP contribution < -0.4 is 5.43 Å². The fourth-order valence-electron chi connectivity index (χ4n) is 1.93. The minimum absolute atomic E-state index is 1.08. The fraction of sp³-hybridized carbons (Fsp3) is 0.182. The molecule has 1 radical (unpaired) electrons. The molecule has 2 heteroatoms. The van der Waals surface area contributed by atoms with E-state index in [9.17, 15) is 0 Å². The van der Waals surface area contributed by atoms with Crippen molar-refractivity contribution in [1.29, 1.82) is 0 Å². The van der Waals surface area contributed by atoms with Crippen molar-refractivity contribution in [2.75, 3.05) is 0 Å². The first-order valence-electron chi connectivity index (χ1n) is 4.50. The number of rotatable bonds is 0. The molecule has 2 nitrogen and oxygen atoms in total. The minimum atomic E-state index is 1.08. The molecule has 1 aromatic carbocycles. The number of benzene rings is 1.